The Labute approximate surface area is 274 Å². The first-order valence-electron chi connectivity index (χ1n) is 17.4. The molecule has 4 fully saturated rings. The van der Waals surface area contributed by atoms with E-state index < -0.39 is 11.9 Å². The van der Waals surface area contributed by atoms with E-state index >= 15 is 0 Å². The number of carboxylic acids is 2. The van der Waals surface area contributed by atoms with Crippen molar-refractivity contribution >= 4 is 17.9 Å². The number of esters is 1. The number of rotatable bonds is 13. The number of fused-ring (bicyclic) bond motifs is 4. The van der Waals surface area contributed by atoms with Crippen LogP contribution in [-0.2, 0) is 19.1 Å². The second kappa shape index (κ2) is 15.5. The Balaban J connectivity index is 0.000000296. The van der Waals surface area contributed by atoms with Crippen LogP contribution in [0.15, 0.2) is 37.0 Å². The number of aliphatic carboxylic acids is 2. The number of carbonyl (C=O) groups is 3. The summed E-state index contributed by atoms with van der Waals surface area (Å²) in [7, 11) is 0. The molecular weight excluding hydrogens is 564 g/mol. The van der Waals surface area contributed by atoms with E-state index in [1.165, 1.54) is 51.4 Å². The Morgan fingerprint density at radius 2 is 1.31 bits per heavy atom. The molecule has 256 valence electrons. The topological polar surface area (TPSA) is 101 Å². The van der Waals surface area contributed by atoms with E-state index in [0.717, 1.165) is 44.1 Å². The lowest BCUT2D eigenvalue weighted by Gasteiger charge is -2.39. The Bertz CT molecular complexity index is 1100. The van der Waals surface area contributed by atoms with Crippen molar-refractivity contribution in [1.82, 2.24) is 0 Å². The molecule has 0 radical (unpaired) electrons. The van der Waals surface area contributed by atoms with Crippen molar-refractivity contribution in [2.45, 2.75) is 145 Å². The molecule has 4 saturated carbocycles. The minimum absolute atomic E-state index is 0.0848. The lowest BCUT2D eigenvalue weighted by molar-refractivity contribution is -0.152. The van der Waals surface area contributed by atoms with Gasteiger partial charge in [-0.2, -0.15) is 0 Å². The Kier molecular flexibility index (Phi) is 13.4. The minimum Gasteiger partial charge on any atom is -0.478 e. The molecule has 4 aliphatic rings. The molecule has 2 unspecified atom stereocenters. The molecule has 0 aliphatic heterocycles. The zero-order valence-electron chi connectivity index (χ0n) is 29.8. The molecule has 0 saturated heterocycles. The van der Waals surface area contributed by atoms with E-state index in [2.05, 4.69) is 75.1 Å². The highest BCUT2D eigenvalue weighted by atomic mass is 16.5. The maximum atomic E-state index is 12.4. The van der Waals surface area contributed by atoms with Crippen molar-refractivity contribution in [3.63, 3.8) is 0 Å². The number of carboxylic acid groups (broad SMARTS) is 2. The van der Waals surface area contributed by atoms with Gasteiger partial charge in [-0.3, -0.25) is 0 Å². The Hall–Kier alpha value is -2.37. The number of hydrogen-bond acceptors (Lipinski definition) is 4. The standard InChI is InChI=1S/C23H40O2.C13H20O2.C3H4O2/c1-17(2)12-10-8-7-9-11-13-18(3)21(24)25-20-16-19-14-15-23(20,6)22(19,4)5;1-8(11(14)15)10-7-9-5-6-13(10,4)12(9,2)3;1-2-3(4)5/h17,19-20H,3,7-16H2,1-2,4-6H3;9-10H,1,5-7H2,2-4H3,(H,14,15);2H,1H2,(H,4,5)/t19-,20?,23-;9-,10?,13-;/m11./s1. The Morgan fingerprint density at radius 1 is 0.822 bits per heavy atom. The number of carbonyl (C=O) groups excluding carboxylic acids is 1. The monoisotopic (exact) mass is 628 g/mol. The van der Waals surface area contributed by atoms with Gasteiger partial charge in [0.25, 0.3) is 0 Å². The van der Waals surface area contributed by atoms with Gasteiger partial charge in [0.2, 0.25) is 0 Å². The Morgan fingerprint density at radius 3 is 1.71 bits per heavy atom. The van der Waals surface area contributed by atoms with Crippen LogP contribution in [0.1, 0.15) is 139 Å². The van der Waals surface area contributed by atoms with Crippen molar-refractivity contribution in [3.05, 3.63) is 37.0 Å². The predicted octanol–water partition coefficient (Wildman–Crippen LogP) is 10.0. The molecule has 2 N–H and O–H groups in total. The van der Waals surface area contributed by atoms with Crippen LogP contribution >= 0.6 is 0 Å². The van der Waals surface area contributed by atoms with Crippen LogP contribution in [0.2, 0.25) is 0 Å². The van der Waals surface area contributed by atoms with Gasteiger partial charge in [0.05, 0.1) is 0 Å². The predicted molar refractivity (Wildman–Crippen MR) is 183 cm³/mol. The van der Waals surface area contributed by atoms with E-state index in [9.17, 15) is 14.4 Å². The normalized spacial score (nSPS) is 31.3. The summed E-state index contributed by atoms with van der Waals surface area (Å²) >= 11 is 0. The summed E-state index contributed by atoms with van der Waals surface area (Å²) in [6.45, 7) is 29.2. The van der Waals surface area contributed by atoms with Crippen molar-refractivity contribution in [2.24, 2.45) is 45.3 Å². The zero-order chi connectivity index (χ0) is 34.4. The second-order valence-corrected chi connectivity index (χ2v) is 16.3. The summed E-state index contributed by atoms with van der Waals surface area (Å²) in [4.78, 5) is 32.7. The molecule has 0 aromatic carbocycles. The SMILES string of the molecule is C=C(C(=O)O)C1C[C@H]2CC[C@@]1(C)C2(C)C.C=C(CCCCCCCC(C)C)C(=O)OC1C[C@H]2CC[C@@]1(C)C2(C)C.C=CC(=O)O. The smallest absolute Gasteiger partial charge is 0.333 e. The third-order valence-electron chi connectivity index (χ3n) is 13.2. The average Bonchev–Trinajstić information content (AvgIpc) is 3.48. The third kappa shape index (κ3) is 8.51. The average molecular weight is 629 g/mol. The van der Waals surface area contributed by atoms with Gasteiger partial charge in [-0.05, 0) is 91.3 Å². The van der Waals surface area contributed by atoms with Gasteiger partial charge in [-0.1, -0.05) is 107 Å². The van der Waals surface area contributed by atoms with Gasteiger partial charge in [0.15, 0.2) is 0 Å². The van der Waals surface area contributed by atoms with E-state index in [1.807, 2.05) is 0 Å². The van der Waals surface area contributed by atoms with Gasteiger partial charge in [0.1, 0.15) is 6.10 Å². The maximum absolute atomic E-state index is 12.4. The van der Waals surface area contributed by atoms with Gasteiger partial charge in [-0.25, -0.2) is 14.4 Å². The van der Waals surface area contributed by atoms with E-state index in [-0.39, 0.29) is 39.7 Å². The summed E-state index contributed by atoms with van der Waals surface area (Å²) < 4.78 is 5.93. The first-order valence-corrected chi connectivity index (χ1v) is 17.4. The molecule has 45 heavy (non-hydrogen) atoms. The van der Waals surface area contributed by atoms with Crippen LogP contribution in [0.4, 0.5) is 0 Å². The van der Waals surface area contributed by atoms with E-state index in [0.29, 0.717) is 23.0 Å². The van der Waals surface area contributed by atoms with Crippen molar-refractivity contribution in [2.75, 3.05) is 0 Å². The molecule has 0 heterocycles. The highest BCUT2D eigenvalue weighted by Crippen LogP contribution is 2.69. The summed E-state index contributed by atoms with van der Waals surface area (Å²) in [5.74, 6) is 0.443. The van der Waals surface area contributed by atoms with Crippen LogP contribution in [0.25, 0.3) is 0 Å². The van der Waals surface area contributed by atoms with Crippen LogP contribution in [-0.4, -0.2) is 34.2 Å². The van der Waals surface area contributed by atoms with Crippen molar-refractivity contribution in [3.8, 4) is 0 Å². The fourth-order valence-electron chi connectivity index (χ4n) is 8.92. The second-order valence-electron chi connectivity index (χ2n) is 16.3. The number of unbranched alkanes of at least 4 members (excludes halogenated alkanes) is 4. The number of hydrogen-bond donors (Lipinski definition) is 2. The number of ether oxygens (including phenoxy) is 1. The molecule has 0 amide bonds. The largest absolute Gasteiger partial charge is 0.478 e. The maximum Gasteiger partial charge on any atom is 0.333 e. The molecule has 4 aliphatic carbocycles. The first-order chi connectivity index (χ1) is 20.8. The molecule has 4 bridgehead atoms. The van der Waals surface area contributed by atoms with Crippen LogP contribution in [0, 0.1) is 45.3 Å². The van der Waals surface area contributed by atoms with Gasteiger partial charge < -0.3 is 14.9 Å². The zero-order valence-corrected chi connectivity index (χ0v) is 29.8. The van der Waals surface area contributed by atoms with Gasteiger partial charge >= 0.3 is 17.9 Å². The lowest BCUT2D eigenvalue weighted by Crippen LogP contribution is -2.38. The molecule has 0 aromatic heterocycles. The molecule has 0 aromatic rings. The molecular formula is C39H64O6. The van der Waals surface area contributed by atoms with Crippen molar-refractivity contribution in [1.29, 1.82) is 0 Å². The molecule has 6 nitrogen and oxygen atoms in total. The molecule has 6 heteroatoms. The minimum atomic E-state index is -0.981. The quantitative estimate of drug-likeness (QED) is 0.120. The first kappa shape index (κ1) is 38.8. The van der Waals surface area contributed by atoms with Gasteiger partial charge in [0, 0.05) is 22.6 Å². The third-order valence-corrected chi connectivity index (χ3v) is 13.2. The van der Waals surface area contributed by atoms with Crippen LogP contribution in [0.3, 0.4) is 0 Å². The highest BCUT2D eigenvalue weighted by Gasteiger charge is 2.63. The van der Waals surface area contributed by atoms with Crippen LogP contribution < -0.4 is 0 Å². The molecule has 4 rings (SSSR count). The van der Waals surface area contributed by atoms with Gasteiger partial charge in [-0.15, -0.1) is 0 Å². The summed E-state index contributed by atoms with van der Waals surface area (Å²) in [6, 6.07) is 0. The van der Waals surface area contributed by atoms with E-state index in [4.69, 9.17) is 14.9 Å². The fourth-order valence-corrected chi connectivity index (χ4v) is 8.92. The highest BCUT2D eigenvalue weighted by molar-refractivity contribution is 5.88. The van der Waals surface area contributed by atoms with Crippen LogP contribution in [0.5, 0.6) is 0 Å². The van der Waals surface area contributed by atoms with Crippen molar-refractivity contribution < 1.29 is 29.3 Å². The summed E-state index contributed by atoms with van der Waals surface area (Å²) in [6.07, 6.45) is 16.2. The molecule has 0 spiro atoms. The summed E-state index contributed by atoms with van der Waals surface area (Å²) in [5, 5.41) is 16.7. The lowest BCUT2D eigenvalue weighted by atomic mass is 9.65. The summed E-state index contributed by atoms with van der Waals surface area (Å²) in [5.41, 5.74) is 1.95. The molecule has 6 atom stereocenters. The van der Waals surface area contributed by atoms with E-state index in [1.54, 1.807) is 0 Å². The fraction of sp³-hybridized carbons (Fsp3) is 0.769.